The molecular formula is C12H14Br2O2. The minimum Gasteiger partial charge on any atom is -0.489 e. The van der Waals surface area contributed by atoms with Crippen LogP contribution < -0.4 is 4.74 Å². The summed E-state index contributed by atoms with van der Waals surface area (Å²) in [5.74, 6) is 0.926. The van der Waals surface area contributed by atoms with Gasteiger partial charge in [0.1, 0.15) is 12.4 Å². The lowest BCUT2D eigenvalue weighted by Crippen LogP contribution is -2.16. The van der Waals surface area contributed by atoms with E-state index in [0.717, 1.165) is 40.6 Å². The molecule has 1 aromatic carbocycles. The lowest BCUT2D eigenvalue weighted by atomic mass is 10.2. The van der Waals surface area contributed by atoms with E-state index in [0.29, 0.717) is 6.61 Å². The summed E-state index contributed by atoms with van der Waals surface area (Å²) in [4.78, 5) is 0. The van der Waals surface area contributed by atoms with E-state index in [1.54, 1.807) is 0 Å². The molecule has 1 aliphatic rings. The molecule has 0 spiro atoms. The fraction of sp³-hybridized carbons (Fsp3) is 0.500. The number of benzene rings is 1. The van der Waals surface area contributed by atoms with Gasteiger partial charge in [0.05, 0.1) is 10.6 Å². The molecule has 0 amide bonds. The topological polar surface area (TPSA) is 18.5 Å². The zero-order valence-corrected chi connectivity index (χ0v) is 12.1. The summed E-state index contributed by atoms with van der Waals surface area (Å²) in [6.45, 7) is 1.51. The van der Waals surface area contributed by atoms with Crippen LogP contribution in [-0.2, 0) is 10.1 Å². The van der Waals surface area contributed by atoms with E-state index in [9.17, 15) is 0 Å². The maximum Gasteiger partial charge on any atom is 0.137 e. The second-order valence-electron chi connectivity index (χ2n) is 3.81. The first-order chi connectivity index (χ1) is 7.81. The van der Waals surface area contributed by atoms with Gasteiger partial charge in [-0.25, -0.2) is 0 Å². The van der Waals surface area contributed by atoms with E-state index in [-0.39, 0.29) is 6.10 Å². The fourth-order valence-corrected chi connectivity index (χ4v) is 2.74. The summed E-state index contributed by atoms with van der Waals surface area (Å²) >= 11 is 6.97. The van der Waals surface area contributed by atoms with Crippen LogP contribution in [-0.4, -0.2) is 19.3 Å². The van der Waals surface area contributed by atoms with Crippen LogP contribution in [0.2, 0.25) is 0 Å². The predicted octanol–water partition coefficient (Wildman–Crippen LogP) is 3.90. The largest absolute Gasteiger partial charge is 0.489 e. The van der Waals surface area contributed by atoms with Crippen LogP contribution in [0.25, 0.3) is 0 Å². The monoisotopic (exact) mass is 348 g/mol. The third-order valence-electron chi connectivity index (χ3n) is 2.63. The smallest absolute Gasteiger partial charge is 0.137 e. The van der Waals surface area contributed by atoms with Gasteiger partial charge in [-0.2, -0.15) is 0 Å². The van der Waals surface area contributed by atoms with Gasteiger partial charge < -0.3 is 9.47 Å². The van der Waals surface area contributed by atoms with Crippen LogP contribution in [0.1, 0.15) is 18.4 Å². The Morgan fingerprint density at radius 3 is 3.00 bits per heavy atom. The SMILES string of the molecule is BrCc1cccc(Br)c1OCC1CCCO1. The molecule has 0 bridgehead atoms. The van der Waals surface area contributed by atoms with Gasteiger partial charge in [-0.05, 0) is 34.8 Å². The Hall–Kier alpha value is -0.0600. The molecule has 1 unspecified atom stereocenters. The molecule has 1 aromatic rings. The molecule has 1 fully saturated rings. The Kier molecular flexibility index (Phi) is 4.67. The zero-order chi connectivity index (χ0) is 11.4. The quantitative estimate of drug-likeness (QED) is 0.767. The van der Waals surface area contributed by atoms with Gasteiger partial charge in [-0.1, -0.05) is 28.1 Å². The maximum absolute atomic E-state index is 5.84. The third kappa shape index (κ3) is 2.99. The summed E-state index contributed by atoms with van der Waals surface area (Å²) in [6.07, 6.45) is 2.51. The highest BCUT2D eigenvalue weighted by Crippen LogP contribution is 2.31. The average molecular weight is 350 g/mol. The van der Waals surface area contributed by atoms with Gasteiger partial charge in [0.2, 0.25) is 0 Å². The van der Waals surface area contributed by atoms with Gasteiger partial charge in [-0.3, -0.25) is 0 Å². The second kappa shape index (κ2) is 6.03. The number of hydrogen-bond acceptors (Lipinski definition) is 2. The molecule has 0 aromatic heterocycles. The van der Waals surface area contributed by atoms with Crippen LogP contribution in [0.3, 0.4) is 0 Å². The van der Waals surface area contributed by atoms with Crippen molar-refractivity contribution in [1.29, 1.82) is 0 Å². The standard InChI is InChI=1S/C12H14Br2O2/c13-7-9-3-1-5-11(14)12(9)16-8-10-4-2-6-15-10/h1,3,5,10H,2,4,6-8H2. The Balaban J connectivity index is 2.01. The van der Waals surface area contributed by atoms with E-state index in [4.69, 9.17) is 9.47 Å². The first-order valence-corrected chi connectivity index (χ1v) is 7.30. The van der Waals surface area contributed by atoms with Crippen molar-refractivity contribution in [3.63, 3.8) is 0 Å². The number of halogens is 2. The van der Waals surface area contributed by atoms with Crippen molar-refractivity contribution >= 4 is 31.9 Å². The second-order valence-corrected chi connectivity index (χ2v) is 5.22. The molecule has 0 saturated carbocycles. The van der Waals surface area contributed by atoms with Gasteiger partial charge in [-0.15, -0.1) is 0 Å². The van der Waals surface area contributed by atoms with Crippen molar-refractivity contribution in [1.82, 2.24) is 0 Å². The maximum atomic E-state index is 5.84. The number of rotatable bonds is 4. The molecule has 1 aliphatic heterocycles. The van der Waals surface area contributed by atoms with Crippen molar-refractivity contribution in [2.45, 2.75) is 24.3 Å². The van der Waals surface area contributed by atoms with Gasteiger partial charge in [0.25, 0.3) is 0 Å². The highest BCUT2D eigenvalue weighted by atomic mass is 79.9. The van der Waals surface area contributed by atoms with E-state index in [1.807, 2.05) is 12.1 Å². The lowest BCUT2D eigenvalue weighted by Gasteiger charge is -2.15. The molecule has 0 radical (unpaired) electrons. The van der Waals surface area contributed by atoms with Crippen molar-refractivity contribution in [2.24, 2.45) is 0 Å². The summed E-state index contributed by atoms with van der Waals surface area (Å²) < 4.78 is 12.4. The molecule has 88 valence electrons. The van der Waals surface area contributed by atoms with Crippen molar-refractivity contribution in [2.75, 3.05) is 13.2 Å². The van der Waals surface area contributed by atoms with E-state index in [1.165, 1.54) is 0 Å². The summed E-state index contributed by atoms with van der Waals surface area (Å²) in [5, 5.41) is 0.799. The first-order valence-electron chi connectivity index (χ1n) is 5.39. The van der Waals surface area contributed by atoms with Crippen molar-refractivity contribution in [3.8, 4) is 5.75 Å². The molecule has 4 heteroatoms. The Morgan fingerprint density at radius 2 is 2.31 bits per heavy atom. The molecule has 1 heterocycles. The third-order valence-corrected chi connectivity index (χ3v) is 3.86. The molecule has 2 nitrogen and oxygen atoms in total. The normalized spacial score (nSPS) is 20.0. The molecule has 16 heavy (non-hydrogen) atoms. The van der Waals surface area contributed by atoms with Crippen LogP contribution in [0.15, 0.2) is 22.7 Å². The van der Waals surface area contributed by atoms with Crippen LogP contribution in [0.4, 0.5) is 0 Å². The van der Waals surface area contributed by atoms with Crippen LogP contribution in [0, 0.1) is 0 Å². The van der Waals surface area contributed by atoms with E-state index < -0.39 is 0 Å². The molecule has 0 N–H and O–H groups in total. The lowest BCUT2D eigenvalue weighted by molar-refractivity contribution is 0.0674. The Bertz CT molecular complexity index is 349. The first kappa shape index (κ1) is 12.4. The van der Waals surface area contributed by atoms with Gasteiger partial charge in [0, 0.05) is 17.5 Å². The molecule has 1 atom stereocenters. The van der Waals surface area contributed by atoms with Crippen molar-refractivity contribution < 1.29 is 9.47 Å². The number of para-hydroxylation sites is 1. The summed E-state index contributed by atoms with van der Waals surface area (Å²) in [5.41, 5.74) is 1.16. The fourth-order valence-electron chi connectivity index (χ4n) is 1.77. The predicted molar refractivity (Wildman–Crippen MR) is 71.2 cm³/mol. The molecular weight excluding hydrogens is 336 g/mol. The Morgan fingerprint density at radius 1 is 1.44 bits per heavy atom. The van der Waals surface area contributed by atoms with Crippen LogP contribution in [0.5, 0.6) is 5.75 Å². The van der Waals surface area contributed by atoms with Crippen molar-refractivity contribution in [3.05, 3.63) is 28.2 Å². The zero-order valence-electron chi connectivity index (χ0n) is 8.92. The van der Waals surface area contributed by atoms with Crippen LogP contribution >= 0.6 is 31.9 Å². The minimum atomic E-state index is 0.260. The van der Waals surface area contributed by atoms with Gasteiger partial charge >= 0.3 is 0 Å². The molecule has 1 saturated heterocycles. The average Bonchev–Trinajstić information content (AvgIpc) is 2.80. The number of hydrogen-bond donors (Lipinski definition) is 0. The minimum absolute atomic E-state index is 0.260. The van der Waals surface area contributed by atoms with E-state index in [2.05, 4.69) is 37.9 Å². The summed E-state index contributed by atoms with van der Waals surface area (Å²) in [6, 6.07) is 6.07. The Labute approximate surface area is 113 Å². The number of alkyl halides is 1. The van der Waals surface area contributed by atoms with Gasteiger partial charge in [0.15, 0.2) is 0 Å². The molecule has 2 rings (SSSR count). The highest BCUT2D eigenvalue weighted by molar-refractivity contribution is 9.10. The number of ether oxygens (including phenoxy) is 2. The highest BCUT2D eigenvalue weighted by Gasteiger charge is 2.17. The molecule has 0 aliphatic carbocycles. The van der Waals surface area contributed by atoms with E-state index >= 15 is 0 Å². The summed E-state index contributed by atoms with van der Waals surface area (Å²) in [7, 11) is 0.